The molecular formula is C58H98N6O15S. The number of ether oxygens (including phenoxy) is 9. The summed E-state index contributed by atoms with van der Waals surface area (Å²) in [6.45, 7) is 23.5. The molecule has 0 spiro atoms. The highest BCUT2D eigenvalue weighted by Crippen LogP contribution is 2.32. The number of anilines is 1. The van der Waals surface area contributed by atoms with Gasteiger partial charge >= 0.3 is 5.97 Å². The Balaban J connectivity index is 1.39. The summed E-state index contributed by atoms with van der Waals surface area (Å²) in [6, 6.07) is 4.24. The van der Waals surface area contributed by atoms with Crippen LogP contribution in [0, 0.1) is 11.8 Å². The van der Waals surface area contributed by atoms with E-state index in [1.165, 1.54) is 11.3 Å². The number of rotatable bonds is 47. The van der Waals surface area contributed by atoms with Crippen molar-refractivity contribution in [3.05, 3.63) is 45.9 Å². The van der Waals surface area contributed by atoms with E-state index in [4.69, 9.17) is 42.6 Å². The number of carbonyl (C=O) groups is 5. The number of benzene rings is 1. The quantitative estimate of drug-likeness (QED) is 0.0512. The number of nitrogens with one attached hydrogen (secondary N) is 3. The van der Waals surface area contributed by atoms with Crippen molar-refractivity contribution in [1.82, 2.24) is 25.4 Å². The van der Waals surface area contributed by atoms with E-state index < -0.39 is 30.1 Å². The molecule has 1 aromatic heterocycles. The smallest absolute Gasteiger partial charge is 0.326 e. The van der Waals surface area contributed by atoms with Gasteiger partial charge in [0.15, 0.2) is 0 Å². The van der Waals surface area contributed by atoms with Crippen molar-refractivity contribution >= 4 is 46.6 Å². The highest BCUT2D eigenvalue weighted by molar-refractivity contribution is 7.09. The van der Waals surface area contributed by atoms with Crippen LogP contribution in [0.1, 0.15) is 133 Å². The molecule has 2 heterocycles. The van der Waals surface area contributed by atoms with Crippen molar-refractivity contribution in [1.29, 1.82) is 0 Å². The zero-order chi connectivity index (χ0) is 58.3. The summed E-state index contributed by atoms with van der Waals surface area (Å²) in [7, 11) is 1.96. The first kappa shape index (κ1) is 70.1. The molecule has 80 heavy (non-hydrogen) atoms. The molecule has 4 amide bonds. The average Bonchev–Trinajstić information content (AvgIpc) is 3.98. The minimum atomic E-state index is -1.27. The summed E-state index contributed by atoms with van der Waals surface area (Å²) >= 11 is 1.25. The van der Waals surface area contributed by atoms with Crippen molar-refractivity contribution in [2.45, 2.75) is 143 Å². The lowest BCUT2D eigenvalue weighted by Gasteiger charge is -2.40. The number of carboxylic acids is 1. The molecule has 4 N–H and O–H groups in total. The van der Waals surface area contributed by atoms with Gasteiger partial charge in [0.05, 0.1) is 112 Å². The first-order chi connectivity index (χ1) is 38.7. The van der Waals surface area contributed by atoms with Gasteiger partial charge < -0.3 is 68.6 Å². The second-order valence-corrected chi connectivity index (χ2v) is 21.2. The number of nitrogens with zero attached hydrogens (tertiary/aromatic N) is 3. The molecule has 6 atom stereocenters. The van der Waals surface area contributed by atoms with E-state index in [-0.39, 0.29) is 66.8 Å². The highest BCUT2D eigenvalue weighted by atomic mass is 32.1. The van der Waals surface area contributed by atoms with E-state index in [2.05, 4.69) is 46.6 Å². The average molecular weight is 1150 g/mol. The largest absolute Gasteiger partial charge is 0.480 e. The van der Waals surface area contributed by atoms with Gasteiger partial charge in [-0.3, -0.25) is 24.1 Å². The standard InChI is InChI=1S/C58H98N6O15S/c1-9-21-64(57(68)53(44(7)12-4)62-55(67)49-15-13-14-22-63(49)8)50(43(5)6)41-51(79-24-11-3)56-61-48(42-80-56)54(66)60-47(58(69)70)40-45-16-18-46(19-17-45)59-52(65)20-25-72-27-29-74-31-33-76-35-37-78-39-38-77-36-34-75-32-30-73-28-26-71-23-10-2/h16-19,42-44,47,49-51,53H,9-15,20-41H2,1-8H3,(H,59,65)(H,60,66)(H,62,67)(H,69,70)/t44-,47-,49+,50+,51+,53-/m0/s1. The maximum atomic E-state index is 14.7. The van der Waals surface area contributed by atoms with E-state index in [9.17, 15) is 29.1 Å². The molecular weight excluding hydrogens is 1050 g/mol. The molecule has 3 rings (SSSR count). The molecule has 0 aliphatic carbocycles. The number of aliphatic carboxylic acids is 1. The SMILES string of the molecule is CCCOCCOCCOCCOCCOCCOCCOCCOCCC(=O)Nc1ccc(C[C@H](NC(=O)c2csc([C@@H](C[C@H](C(C)C)N(CCC)C(=O)[C@@H](NC(=O)[C@H]3CCCCN3C)[C@@H](C)CC)OCCC)n2)C(=O)O)cc1. The molecule has 0 unspecified atom stereocenters. The third-order valence-electron chi connectivity index (χ3n) is 13.5. The Hall–Kier alpha value is -4.20. The molecule has 0 radical (unpaired) electrons. The van der Waals surface area contributed by atoms with Gasteiger partial charge in [0.25, 0.3) is 5.91 Å². The third-order valence-corrected chi connectivity index (χ3v) is 14.4. The number of likely N-dealkylation sites (tertiary alicyclic amines) is 1. The summed E-state index contributed by atoms with van der Waals surface area (Å²) in [5.74, 6) is -2.41. The number of carboxylic acid groups (broad SMARTS) is 1. The molecule has 0 bridgehead atoms. The van der Waals surface area contributed by atoms with Crippen LogP contribution in [0.4, 0.5) is 5.69 Å². The number of hydrogen-bond acceptors (Lipinski definition) is 17. The van der Waals surface area contributed by atoms with Crippen LogP contribution in [0.25, 0.3) is 0 Å². The second-order valence-electron chi connectivity index (χ2n) is 20.3. The highest BCUT2D eigenvalue weighted by Gasteiger charge is 2.38. The molecule has 21 nitrogen and oxygen atoms in total. The van der Waals surface area contributed by atoms with Crippen LogP contribution in [0.3, 0.4) is 0 Å². The monoisotopic (exact) mass is 1150 g/mol. The summed E-state index contributed by atoms with van der Waals surface area (Å²) in [4.78, 5) is 75.8. The normalized spacial score (nSPS) is 15.7. The molecule has 1 aromatic carbocycles. The summed E-state index contributed by atoms with van der Waals surface area (Å²) in [6.07, 6.45) is 5.89. The fourth-order valence-electron chi connectivity index (χ4n) is 8.78. The molecule has 22 heteroatoms. The van der Waals surface area contributed by atoms with Crippen LogP contribution in [0.2, 0.25) is 0 Å². The fraction of sp³-hybridized carbons (Fsp3) is 0.759. The summed E-state index contributed by atoms with van der Waals surface area (Å²) in [5.41, 5.74) is 1.22. The Morgan fingerprint density at radius 2 is 1.25 bits per heavy atom. The molecule has 2 aromatic rings. The van der Waals surface area contributed by atoms with Crippen LogP contribution in [-0.4, -0.2) is 206 Å². The molecule has 1 fully saturated rings. The summed E-state index contributed by atoms with van der Waals surface area (Å²) in [5, 5.41) is 21.0. The van der Waals surface area contributed by atoms with Crippen LogP contribution < -0.4 is 16.0 Å². The number of piperidine rings is 1. The van der Waals surface area contributed by atoms with Gasteiger partial charge in [-0.15, -0.1) is 11.3 Å². The lowest BCUT2D eigenvalue weighted by atomic mass is 9.92. The second kappa shape index (κ2) is 42.6. The van der Waals surface area contributed by atoms with Gasteiger partial charge in [-0.05, 0) is 75.2 Å². The third kappa shape index (κ3) is 28.2. The predicted molar refractivity (Wildman–Crippen MR) is 307 cm³/mol. The first-order valence-electron chi connectivity index (χ1n) is 29.2. The topological polar surface area (TPSA) is 244 Å². The van der Waals surface area contributed by atoms with Gasteiger partial charge in [0, 0.05) is 49.7 Å². The maximum absolute atomic E-state index is 14.7. The van der Waals surface area contributed by atoms with Crippen molar-refractivity contribution in [3.8, 4) is 0 Å². The Morgan fingerprint density at radius 1 is 0.713 bits per heavy atom. The van der Waals surface area contributed by atoms with Crippen LogP contribution >= 0.6 is 11.3 Å². The van der Waals surface area contributed by atoms with Crippen molar-refractivity contribution in [2.24, 2.45) is 11.8 Å². The Labute approximate surface area is 480 Å². The van der Waals surface area contributed by atoms with Crippen LogP contribution in [0.15, 0.2) is 29.6 Å². The lowest BCUT2D eigenvalue weighted by molar-refractivity contribution is -0.143. The van der Waals surface area contributed by atoms with Crippen molar-refractivity contribution < 1.29 is 71.7 Å². The molecule has 1 saturated heterocycles. The number of carbonyl (C=O) groups excluding carboxylic acids is 4. The number of aromatic nitrogens is 1. The Morgan fingerprint density at radius 3 is 1.74 bits per heavy atom. The number of thiazole rings is 1. The first-order valence-corrected chi connectivity index (χ1v) is 30.0. The van der Waals surface area contributed by atoms with Crippen LogP contribution in [0.5, 0.6) is 0 Å². The Kier molecular flexibility index (Phi) is 37.3. The number of amides is 4. The van der Waals surface area contributed by atoms with Crippen molar-refractivity contribution in [3.63, 3.8) is 0 Å². The molecule has 1 aliphatic heterocycles. The molecule has 0 saturated carbocycles. The fourth-order valence-corrected chi connectivity index (χ4v) is 9.64. The van der Waals surface area contributed by atoms with Gasteiger partial charge in [0.1, 0.15) is 28.9 Å². The maximum Gasteiger partial charge on any atom is 0.326 e. The van der Waals surface area contributed by atoms with Gasteiger partial charge in [-0.2, -0.15) is 0 Å². The minimum absolute atomic E-state index is 0.0146. The number of hydrogen-bond donors (Lipinski definition) is 4. The molecule has 1 aliphatic rings. The van der Waals surface area contributed by atoms with E-state index in [0.717, 1.165) is 45.3 Å². The van der Waals surface area contributed by atoms with Gasteiger partial charge in [0.2, 0.25) is 17.7 Å². The van der Waals surface area contributed by atoms with E-state index in [1.54, 1.807) is 29.6 Å². The molecule has 456 valence electrons. The zero-order valence-corrected chi connectivity index (χ0v) is 50.2. The number of likely N-dealkylation sites (N-methyl/N-ethyl adjacent to an activating group) is 1. The van der Waals surface area contributed by atoms with E-state index in [0.29, 0.717) is 141 Å². The van der Waals surface area contributed by atoms with Gasteiger partial charge in [-0.25, -0.2) is 9.78 Å². The summed E-state index contributed by atoms with van der Waals surface area (Å²) < 4.78 is 50.3. The zero-order valence-electron chi connectivity index (χ0n) is 49.3. The van der Waals surface area contributed by atoms with Crippen molar-refractivity contribution in [2.75, 3.05) is 138 Å². The minimum Gasteiger partial charge on any atom is -0.480 e. The van der Waals surface area contributed by atoms with E-state index >= 15 is 0 Å². The predicted octanol–water partition coefficient (Wildman–Crippen LogP) is 6.58. The lowest BCUT2D eigenvalue weighted by Crippen LogP contribution is -2.58. The van der Waals surface area contributed by atoms with Gasteiger partial charge in [-0.1, -0.05) is 73.4 Å². The van der Waals surface area contributed by atoms with Crippen LogP contribution in [-0.2, 0) is 68.2 Å². The Bertz CT molecular complexity index is 2000. The van der Waals surface area contributed by atoms with E-state index in [1.807, 2.05) is 39.6 Å².